The third-order valence-electron chi connectivity index (χ3n) is 15.7. The Bertz CT molecular complexity index is 1670. The molecule has 0 aliphatic heterocycles. The summed E-state index contributed by atoms with van der Waals surface area (Å²) in [5, 5.41) is 33.4. The number of aliphatic hydroxyl groups excluding tert-OH is 2. The van der Waals surface area contributed by atoms with Gasteiger partial charge in [0.15, 0.2) is 0 Å². The van der Waals surface area contributed by atoms with E-state index in [9.17, 15) is 34.2 Å². The van der Waals surface area contributed by atoms with Crippen LogP contribution >= 0.6 is 0 Å². The number of aliphatic carboxylic acids is 1. The summed E-state index contributed by atoms with van der Waals surface area (Å²) in [7, 11) is 0. The van der Waals surface area contributed by atoms with Gasteiger partial charge in [-0.3, -0.25) is 9.74 Å². The molecule has 0 saturated heterocycles. The van der Waals surface area contributed by atoms with Crippen molar-refractivity contribution >= 4 is 17.8 Å². The van der Waals surface area contributed by atoms with Gasteiger partial charge in [-0.2, -0.15) is 0 Å². The van der Waals surface area contributed by atoms with Crippen molar-refractivity contribution < 1.29 is 39.2 Å². The first-order valence-electron chi connectivity index (χ1n) is 20.5. The normalized spacial score (nSPS) is 36.0. The lowest BCUT2D eigenvalue weighted by Gasteiger charge is -2.69. The number of hydrogen-bond donors (Lipinski definition) is 4. The minimum absolute atomic E-state index is 0.0505. The van der Waals surface area contributed by atoms with E-state index in [0.717, 1.165) is 56.1 Å². The smallest absolute Gasteiger partial charge is 0.348 e. The van der Waals surface area contributed by atoms with Gasteiger partial charge in [-0.25, -0.2) is 9.59 Å². The number of carbonyl (C=O) groups excluding carboxylic acids is 2. The number of aliphatic hydroxyl groups is 2. The van der Waals surface area contributed by atoms with Gasteiger partial charge in [0.2, 0.25) is 5.91 Å². The first-order chi connectivity index (χ1) is 25.7. The average molecular weight is 748 g/mol. The number of carbonyl (C=O) groups is 3. The Hall–Kier alpha value is -3.46. The number of hydrogen-bond acceptors (Lipinski definition) is 6. The highest BCUT2D eigenvalue weighted by Crippen LogP contribution is 2.73. The first kappa shape index (κ1) is 40.2. The fraction of sp³-hybridized carbons (Fsp3) is 0.667. The van der Waals surface area contributed by atoms with Gasteiger partial charge in [0.05, 0.1) is 23.4 Å². The Kier molecular flexibility index (Phi) is 11.9. The maximum Gasteiger partial charge on any atom is 0.348 e. The molecule has 296 valence electrons. The molecule has 0 aromatic heterocycles. The number of unbranched alkanes of at least 4 members (excludes halogenated alkanes) is 1. The number of halogens is 1. The third-order valence-corrected chi connectivity index (χ3v) is 15.7. The largest absolute Gasteiger partial charge is 0.515 e. The van der Waals surface area contributed by atoms with Crippen LogP contribution in [0.1, 0.15) is 129 Å². The van der Waals surface area contributed by atoms with Crippen LogP contribution in [-0.2, 0) is 32.3 Å². The lowest BCUT2D eigenvalue weighted by Crippen LogP contribution is -2.63. The summed E-state index contributed by atoms with van der Waals surface area (Å²) < 4.78 is 12.0. The fourth-order valence-corrected chi connectivity index (χ4v) is 13.2. The van der Waals surface area contributed by atoms with E-state index >= 15 is 0 Å². The Morgan fingerprint density at radius 1 is 0.926 bits per heavy atom. The van der Waals surface area contributed by atoms with Gasteiger partial charge in [0.1, 0.15) is 0 Å². The predicted octanol–water partition coefficient (Wildman–Crippen LogP) is 9.28. The van der Waals surface area contributed by atoms with Crippen LogP contribution in [-0.4, -0.2) is 39.3 Å². The zero-order valence-electron chi connectivity index (χ0n) is 32.7. The van der Waals surface area contributed by atoms with Crippen LogP contribution in [0.2, 0.25) is 0 Å². The monoisotopic (exact) mass is 747 g/mol. The number of nitrogens with one attached hydrogen (secondary N) is 1. The molecular weight excluding hydrogens is 685 g/mol. The second-order valence-corrected chi connectivity index (χ2v) is 18.6. The molecule has 6 rings (SSSR count). The molecule has 0 spiro atoms. The molecule has 0 radical (unpaired) electrons. The molecule has 5 saturated carbocycles. The van der Waals surface area contributed by atoms with Crippen molar-refractivity contribution in [3.05, 3.63) is 71.0 Å². The van der Waals surface area contributed by atoms with E-state index in [0.29, 0.717) is 67.2 Å². The van der Waals surface area contributed by atoms with Gasteiger partial charge in [0.25, 0.3) is 0 Å². The van der Waals surface area contributed by atoms with Crippen LogP contribution in [0.4, 0.5) is 4.53 Å². The second-order valence-electron chi connectivity index (χ2n) is 18.6. The number of carboxylic acids is 1. The summed E-state index contributed by atoms with van der Waals surface area (Å²) in [6.45, 7) is 10.2. The Balaban J connectivity index is 1.12. The SMILES string of the molecule is CC1(C)C(O)CCC2(C)C1CCC1(C)C3CCC4(C(=O)NCc5cccc(CC(/C=C\CCCC(=O)OF)=C/C(=C/O)C(=O)O)c5)CCCC4C3CCC12. The molecule has 5 aliphatic rings. The molecule has 54 heavy (non-hydrogen) atoms. The highest BCUT2D eigenvalue weighted by molar-refractivity contribution is 5.89. The van der Waals surface area contributed by atoms with Crippen molar-refractivity contribution in [3.8, 4) is 0 Å². The molecule has 5 aliphatic carbocycles. The molecule has 9 heteroatoms. The van der Waals surface area contributed by atoms with Crippen molar-refractivity contribution in [2.45, 2.75) is 137 Å². The Morgan fingerprint density at radius 2 is 1.69 bits per heavy atom. The fourth-order valence-electron chi connectivity index (χ4n) is 13.2. The highest BCUT2D eigenvalue weighted by Gasteiger charge is 2.67. The van der Waals surface area contributed by atoms with Gasteiger partial charge in [-0.1, -0.05) is 70.5 Å². The summed E-state index contributed by atoms with van der Waals surface area (Å²) in [5.74, 6) is 0.861. The zero-order chi connectivity index (χ0) is 38.9. The average Bonchev–Trinajstić information content (AvgIpc) is 3.60. The summed E-state index contributed by atoms with van der Waals surface area (Å²) in [4.78, 5) is 40.3. The number of amides is 1. The van der Waals surface area contributed by atoms with Crippen LogP contribution in [0, 0.1) is 51.2 Å². The van der Waals surface area contributed by atoms with Crippen molar-refractivity contribution in [2.75, 3.05) is 0 Å². The van der Waals surface area contributed by atoms with Crippen LogP contribution in [0.5, 0.6) is 0 Å². The van der Waals surface area contributed by atoms with Gasteiger partial charge >= 0.3 is 11.9 Å². The minimum Gasteiger partial charge on any atom is -0.515 e. The van der Waals surface area contributed by atoms with Crippen molar-refractivity contribution in [3.63, 3.8) is 0 Å². The van der Waals surface area contributed by atoms with Crippen LogP contribution in [0.3, 0.4) is 0 Å². The van der Waals surface area contributed by atoms with Gasteiger partial charge < -0.3 is 20.6 Å². The number of fused-ring (bicyclic) bond motifs is 7. The molecule has 1 aromatic carbocycles. The topological polar surface area (TPSA) is 133 Å². The van der Waals surface area contributed by atoms with Crippen LogP contribution in [0.25, 0.3) is 0 Å². The molecule has 0 bridgehead atoms. The molecular formula is C45H62FNO7. The van der Waals surface area contributed by atoms with Crippen molar-refractivity contribution in [1.29, 1.82) is 0 Å². The number of carboxylic acid groups (broad SMARTS) is 1. The Labute approximate surface area is 320 Å². The van der Waals surface area contributed by atoms with Gasteiger partial charge in [0, 0.05) is 17.5 Å². The molecule has 4 N–H and O–H groups in total. The van der Waals surface area contributed by atoms with E-state index in [4.69, 9.17) is 0 Å². The van der Waals surface area contributed by atoms with Crippen molar-refractivity contribution in [1.82, 2.24) is 5.32 Å². The first-order valence-corrected chi connectivity index (χ1v) is 20.5. The van der Waals surface area contributed by atoms with Crippen LogP contribution in [0.15, 0.2) is 59.9 Å². The molecule has 9 unspecified atom stereocenters. The summed E-state index contributed by atoms with van der Waals surface area (Å²) >= 11 is 0. The van der Waals surface area contributed by atoms with Gasteiger partial charge in [-0.15, -0.1) is 0 Å². The van der Waals surface area contributed by atoms with Gasteiger partial charge in [-0.05, 0) is 152 Å². The lowest BCUT2D eigenvalue weighted by molar-refractivity contribution is -0.214. The molecule has 1 amide bonds. The van der Waals surface area contributed by atoms with E-state index in [1.54, 1.807) is 12.2 Å². The minimum atomic E-state index is -1.26. The van der Waals surface area contributed by atoms with Crippen LogP contribution < -0.4 is 5.32 Å². The standard InChI is InChI=1S/C45H62FNO7/c1-42(2)36-18-21-43(3)34-17-23-45(20-9-13-35(45)33(34)15-16-37(43)44(36,4)22-19-38(42)49)41(53)47-27-31-12-8-11-29(25-31)24-30(26-32(28-48)40(51)52)10-6-5-7-14-39(50)54-46/h6,8,10-12,25-26,28,33-38,48-49H,5,7,9,13-24,27H2,1-4H3,(H,47,53)(H,51,52)/b10-6-,30-26+,32-28-. The molecule has 8 nitrogen and oxygen atoms in total. The summed E-state index contributed by atoms with van der Waals surface area (Å²) in [6, 6.07) is 7.90. The molecule has 0 heterocycles. The highest BCUT2D eigenvalue weighted by atomic mass is 19.3. The molecule has 5 fully saturated rings. The maximum atomic E-state index is 14.4. The van der Waals surface area contributed by atoms with E-state index in [-0.39, 0.29) is 45.7 Å². The van der Waals surface area contributed by atoms with E-state index in [1.807, 2.05) is 24.3 Å². The number of allylic oxidation sites excluding steroid dienone is 3. The number of rotatable bonds is 12. The van der Waals surface area contributed by atoms with E-state index in [2.05, 4.69) is 38.0 Å². The van der Waals surface area contributed by atoms with E-state index in [1.165, 1.54) is 31.8 Å². The van der Waals surface area contributed by atoms with Crippen molar-refractivity contribution in [2.24, 2.45) is 51.2 Å². The quantitative estimate of drug-likeness (QED) is 0.0725. The summed E-state index contributed by atoms with van der Waals surface area (Å²) in [5.41, 5.74) is 2.42. The third kappa shape index (κ3) is 7.43. The Morgan fingerprint density at radius 3 is 2.43 bits per heavy atom. The zero-order valence-corrected chi connectivity index (χ0v) is 32.7. The summed E-state index contributed by atoms with van der Waals surface area (Å²) in [6.07, 6.45) is 18.6. The number of benzene rings is 1. The molecule has 9 atom stereocenters. The predicted molar refractivity (Wildman–Crippen MR) is 205 cm³/mol. The van der Waals surface area contributed by atoms with E-state index < -0.39 is 11.9 Å². The maximum absolute atomic E-state index is 14.4. The molecule has 1 aromatic rings. The second kappa shape index (κ2) is 16.0. The lowest BCUT2D eigenvalue weighted by atomic mass is 9.36.